The maximum absolute atomic E-state index is 10.5. The van der Waals surface area contributed by atoms with Crippen LogP contribution in [0.2, 0.25) is 0 Å². The van der Waals surface area contributed by atoms with Crippen molar-refractivity contribution in [1.82, 2.24) is 0 Å². The summed E-state index contributed by atoms with van der Waals surface area (Å²) in [5, 5.41) is 8.18. The van der Waals surface area contributed by atoms with E-state index in [1.54, 1.807) is 0 Å². The second-order valence-electron chi connectivity index (χ2n) is 1.98. The van der Waals surface area contributed by atoms with Crippen molar-refractivity contribution in [2.45, 2.75) is 18.9 Å². The maximum atomic E-state index is 10.5. The number of carboxylic acids is 1. The maximum Gasteiger partial charge on any atom is 0.341 e. The third-order valence-electron chi connectivity index (χ3n) is 1.09. The van der Waals surface area contributed by atoms with Crippen molar-refractivity contribution in [2.75, 3.05) is 0 Å². The van der Waals surface area contributed by atoms with Gasteiger partial charge >= 0.3 is 11.9 Å². The van der Waals surface area contributed by atoms with Crippen LogP contribution < -0.4 is 11.6 Å². The van der Waals surface area contributed by atoms with E-state index < -0.39 is 18.0 Å². The van der Waals surface area contributed by atoms with E-state index in [9.17, 15) is 9.59 Å². The van der Waals surface area contributed by atoms with Crippen LogP contribution in [0.1, 0.15) is 12.8 Å². The van der Waals surface area contributed by atoms with Crippen LogP contribution in [-0.2, 0) is 14.4 Å². The summed E-state index contributed by atoms with van der Waals surface area (Å²) in [4.78, 5) is 24.2. The zero-order chi connectivity index (χ0) is 8.85. The van der Waals surface area contributed by atoms with Gasteiger partial charge in [-0.1, -0.05) is 0 Å². The second kappa shape index (κ2) is 4.64. The Morgan fingerprint density at radius 3 is 2.45 bits per heavy atom. The third-order valence-corrected chi connectivity index (χ3v) is 1.09. The number of hydrogen-bond donors (Lipinski definition) is 3. The predicted octanol–water partition coefficient (Wildman–Crippen LogP) is -1.40. The van der Waals surface area contributed by atoms with Crippen LogP contribution in [-0.4, -0.2) is 23.1 Å². The van der Waals surface area contributed by atoms with E-state index in [-0.39, 0.29) is 12.8 Å². The number of carboxylic acid groups (broad SMARTS) is 1. The average molecular weight is 162 g/mol. The van der Waals surface area contributed by atoms with Gasteiger partial charge in [0.15, 0.2) is 0 Å². The fraction of sp³-hybridized carbons (Fsp3) is 0.600. The van der Waals surface area contributed by atoms with Crippen molar-refractivity contribution in [2.24, 2.45) is 11.6 Å². The number of carbonyl (C=O) groups is 2. The summed E-state index contributed by atoms with van der Waals surface area (Å²) >= 11 is 0. The molecule has 0 aromatic rings. The summed E-state index contributed by atoms with van der Waals surface area (Å²) in [6, 6.07) is -0.948. The molecule has 0 aliphatic heterocycles. The molecule has 0 amide bonds. The molecule has 0 radical (unpaired) electrons. The first-order valence-corrected chi connectivity index (χ1v) is 2.96. The van der Waals surface area contributed by atoms with Crippen molar-refractivity contribution >= 4 is 11.9 Å². The van der Waals surface area contributed by atoms with Gasteiger partial charge in [0.25, 0.3) is 0 Å². The molecule has 5 N–H and O–H groups in total. The lowest BCUT2D eigenvalue weighted by Crippen LogP contribution is -2.34. The Morgan fingerprint density at radius 1 is 1.55 bits per heavy atom. The molecule has 0 saturated heterocycles. The summed E-state index contributed by atoms with van der Waals surface area (Å²) < 4.78 is 0. The van der Waals surface area contributed by atoms with Crippen LogP contribution in [0.5, 0.6) is 0 Å². The molecule has 6 heteroatoms. The minimum atomic E-state index is -1.01. The van der Waals surface area contributed by atoms with E-state index >= 15 is 0 Å². The van der Waals surface area contributed by atoms with E-state index in [4.69, 9.17) is 10.8 Å². The Balaban J connectivity index is 3.60. The molecule has 0 bridgehead atoms. The molecule has 11 heavy (non-hydrogen) atoms. The van der Waals surface area contributed by atoms with E-state index in [2.05, 4.69) is 10.7 Å². The average Bonchev–Trinajstić information content (AvgIpc) is 1.98. The van der Waals surface area contributed by atoms with Gasteiger partial charge in [-0.3, -0.25) is 4.79 Å². The van der Waals surface area contributed by atoms with Gasteiger partial charge in [0.05, 0.1) is 0 Å². The highest BCUT2D eigenvalue weighted by Crippen LogP contribution is 1.95. The van der Waals surface area contributed by atoms with Crippen LogP contribution >= 0.6 is 0 Å². The Morgan fingerprint density at radius 2 is 2.09 bits per heavy atom. The first-order valence-electron chi connectivity index (χ1n) is 2.96. The molecule has 0 heterocycles. The largest absolute Gasteiger partial charge is 0.481 e. The Labute approximate surface area is 63.1 Å². The molecule has 0 aromatic carbocycles. The molecule has 0 fully saturated rings. The highest BCUT2D eigenvalue weighted by atomic mass is 16.7. The molecule has 0 aliphatic rings. The fourth-order valence-corrected chi connectivity index (χ4v) is 0.484. The van der Waals surface area contributed by atoms with E-state index in [0.29, 0.717) is 0 Å². The van der Waals surface area contributed by atoms with Gasteiger partial charge in [-0.25, -0.2) is 4.79 Å². The normalized spacial score (nSPS) is 12.2. The molecule has 0 rings (SSSR count). The zero-order valence-electron chi connectivity index (χ0n) is 5.82. The Hall–Kier alpha value is -1.14. The lowest BCUT2D eigenvalue weighted by molar-refractivity contribution is -0.146. The van der Waals surface area contributed by atoms with Crippen LogP contribution in [0.4, 0.5) is 0 Å². The third kappa shape index (κ3) is 4.29. The van der Waals surface area contributed by atoms with Crippen molar-refractivity contribution in [3.63, 3.8) is 0 Å². The van der Waals surface area contributed by atoms with Crippen molar-refractivity contribution in [3.05, 3.63) is 0 Å². The van der Waals surface area contributed by atoms with E-state index in [0.717, 1.165) is 0 Å². The molecule has 0 aliphatic carbocycles. The lowest BCUT2D eigenvalue weighted by Gasteiger charge is -2.04. The molecule has 0 aromatic heterocycles. The zero-order valence-corrected chi connectivity index (χ0v) is 5.82. The molecular weight excluding hydrogens is 152 g/mol. The fourth-order valence-electron chi connectivity index (χ4n) is 0.484. The number of rotatable bonds is 4. The van der Waals surface area contributed by atoms with Crippen LogP contribution in [0, 0.1) is 0 Å². The molecule has 64 valence electrons. The first kappa shape index (κ1) is 9.86. The minimum absolute atomic E-state index is 0.0331. The Bertz CT molecular complexity index is 159. The SMILES string of the molecule is NOC(=O)[C@H](N)CCC(=O)O. The van der Waals surface area contributed by atoms with Crippen molar-refractivity contribution < 1.29 is 19.5 Å². The standard InChI is InChI=1S/C5H10N2O4/c6-3(5(10)11-7)1-2-4(8)9/h3H,1-2,6-7H2,(H,8,9)/t3-/m1/s1. The van der Waals surface area contributed by atoms with E-state index in [1.807, 2.05) is 0 Å². The molecule has 1 atom stereocenters. The van der Waals surface area contributed by atoms with Gasteiger partial charge < -0.3 is 15.7 Å². The summed E-state index contributed by atoms with van der Waals surface area (Å²) in [7, 11) is 0. The molecule has 0 spiro atoms. The monoisotopic (exact) mass is 162 g/mol. The molecular formula is C5H10N2O4. The highest BCUT2D eigenvalue weighted by Gasteiger charge is 2.14. The summed E-state index contributed by atoms with van der Waals surface area (Å²) in [5.74, 6) is 2.69. The molecule has 0 saturated carbocycles. The number of aliphatic carboxylic acids is 1. The van der Waals surface area contributed by atoms with Gasteiger partial charge in [0.2, 0.25) is 0 Å². The number of hydrogen-bond acceptors (Lipinski definition) is 5. The number of nitrogens with two attached hydrogens (primary N) is 2. The topological polar surface area (TPSA) is 116 Å². The van der Waals surface area contributed by atoms with Crippen LogP contribution in [0.25, 0.3) is 0 Å². The van der Waals surface area contributed by atoms with Gasteiger partial charge in [-0.05, 0) is 6.42 Å². The van der Waals surface area contributed by atoms with Gasteiger partial charge in [-0.15, -0.1) is 0 Å². The second-order valence-corrected chi connectivity index (χ2v) is 1.98. The summed E-state index contributed by atoms with van der Waals surface area (Å²) in [5.41, 5.74) is 5.16. The van der Waals surface area contributed by atoms with Crippen molar-refractivity contribution in [3.8, 4) is 0 Å². The van der Waals surface area contributed by atoms with Crippen LogP contribution in [0.3, 0.4) is 0 Å². The molecule has 6 nitrogen and oxygen atoms in total. The van der Waals surface area contributed by atoms with Crippen molar-refractivity contribution in [1.29, 1.82) is 0 Å². The lowest BCUT2D eigenvalue weighted by atomic mass is 10.2. The summed E-state index contributed by atoms with van der Waals surface area (Å²) in [6.45, 7) is 0. The Kier molecular flexibility index (Phi) is 4.16. The predicted molar refractivity (Wildman–Crippen MR) is 35.1 cm³/mol. The van der Waals surface area contributed by atoms with Crippen LogP contribution in [0.15, 0.2) is 0 Å². The highest BCUT2D eigenvalue weighted by molar-refractivity contribution is 5.76. The quantitative estimate of drug-likeness (QED) is 0.437. The first-order chi connectivity index (χ1) is 5.07. The van der Waals surface area contributed by atoms with E-state index in [1.165, 1.54) is 0 Å². The minimum Gasteiger partial charge on any atom is -0.481 e. The number of carbonyl (C=O) groups excluding carboxylic acids is 1. The smallest absolute Gasteiger partial charge is 0.341 e. The van der Waals surface area contributed by atoms with Gasteiger partial charge in [0.1, 0.15) is 6.04 Å². The summed E-state index contributed by atoms with van der Waals surface area (Å²) in [6.07, 6.45) is -0.137. The molecule has 0 unspecified atom stereocenters. The van der Waals surface area contributed by atoms with Gasteiger partial charge in [-0.2, -0.15) is 5.90 Å². The van der Waals surface area contributed by atoms with Gasteiger partial charge in [0, 0.05) is 6.42 Å².